The van der Waals surface area contributed by atoms with Gasteiger partial charge >= 0.3 is 0 Å². The Morgan fingerprint density at radius 1 is 1.50 bits per heavy atom. The Kier molecular flexibility index (Phi) is 7.12. The molecule has 4 nitrogen and oxygen atoms in total. The van der Waals surface area contributed by atoms with Crippen LogP contribution in [0.3, 0.4) is 0 Å². The highest BCUT2D eigenvalue weighted by Gasteiger charge is 2.10. The molecule has 0 bridgehead atoms. The largest absolute Gasteiger partial charge is 0.482 e. The van der Waals surface area contributed by atoms with Crippen LogP contribution in [0, 0.1) is 0 Å². The Hall–Kier alpha value is -1.52. The number of para-hydroxylation sites is 1. The molecule has 1 rings (SSSR count). The van der Waals surface area contributed by atoms with E-state index in [4.69, 9.17) is 16.3 Å². The standard InChI is InChI=1S/C15H21ClN2O2/c1-4-8-17-14(19)10-20-15-12(9-18-11(2)3)6-5-7-13(15)16/h4-7,11,18H,1,8-10H2,2-3H3,(H,17,19). The van der Waals surface area contributed by atoms with Crippen molar-refractivity contribution in [3.8, 4) is 5.75 Å². The molecule has 2 N–H and O–H groups in total. The fourth-order valence-electron chi connectivity index (χ4n) is 1.54. The summed E-state index contributed by atoms with van der Waals surface area (Å²) in [6.45, 7) is 8.66. The lowest BCUT2D eigenvalue weighted by Gasteiger charge is -2.14. The van der Waals surface area contributed by atoms with Crippen molar-refractivity contribution < 1.29 is 9.53 Å². The van der Waals surface area contributed by atoms with Crippen LogP contribution in [0.15, 0.2) is 30.9 Å². The summed E-state index contributed by atoms with van der Waals surface area (Å²) >= 11 is 6.13. The van der Waals surface area contributed by atoms with Crippen LogP contribution in [0.1, 0.15) is 19.4 Å². The lowest BCUT2D eigenvalue weighted by molar-refractivity contribution is -0.122. The zero-order valence-electron chi connectivity index (χ0n) is 11.9. The maximum Gasteiger partial charge on any atom is 0.258 e. The molecule has 5 heteroatoms. The van der Waals surface area contributed by atoms with E-state index in [1.165, 1.54) is 0 Å². The fourth-order valence-corrected chi connectivity index (χ4v) is 1.79. The van der Waals surface area contributed by atoms with Crippen LogP contribution < -0.4 is 15.4 Å². The molecule has 0 heterocycles. The maximum atomic E-state index is 11.5. The van der Waals surface area contributed by atoms with Crippen LogP contribution in [-0.2, 0) is 11.3 Å². The zero-order valence-corrected chi connectivity index (χ0v) is 12.7. The van der Waals surface area contributed by atoms with Gasteiger partial charge in [-0.15, -0.1) is 6.58 Å². The second-order valence-electron chi connectivity index (χ2n) is 4.65. The number of carbonyl (C=O) groups excluding carboxylic acids is 1. The third-order valence-electron chi connectivity index (χ3n) is 2.54. The van der Waals surface area contributed by atoms with E-state index in [9.17, 15) is 4.79 Å². The zero-order chi connectivity index (χ0) is 15.0. The van der Waals surface area contributed by atoms with Crippen molar-refractivity contribution in [2.75, 3.05) is 13.2 Å². The second-order valence-corrected chi connectivity index (χ2v) is 5.05. The van der Waals surface area contributed by atoms with Gasteiger partial charge in [-0.05, 0) is 6.07 Å². The van der Waals surface area contributed by atoms with E-state index in [2.05, 4.69) is 31.1 Å². The van der Waals surface area contributed by atoms with E-state index in [0.29, 0.717) is 29.9 Å². The van der Waals surface area contributed by atoms with Gasteiger partial charge in [-0.25, -0.2) is 0 Å². The Labute approximate surface area is 125 Å². The molecule has 0 fully saturated rings. The first-order valence-electron chi connectivity index (χ1n) is 6.55. The molecule has 0 saturated carbocycles. The Bertz CT molecular complexity index is 461. The van der Waals surface area contributed by atoms with Crippen molar-refractivity contribution in [2.24, 2.45) is 0 Å². The first-order chi connectivity index (χ1) is 9.54. The summed E-state index contributed by atoms with van der Waals surface area (Å²) in [5.74, 6) is 0.351. The van der Waals surface area contributed by atoms with Gasteiger partial charge in [-0.3, -0.25) is 4.79 Å². The predicted molar refractivity (Wildman–Crippen MR) is 82.1 cm³/mol. The quantitative estimate of drug-likeness (QED) is 0.725. The van der Waals surface area contributed by atoms with Gasteiger partial charge in [0.05, 0.1) is 5.02 Å². The van der Waals surface area contributed by atoms with Gasteiger partial charge in [-0.1, -0.05) is 43.7 Å². The highest BCUT2D eigenvalue weighted by Crippen LogP contribution is 2.28. The minimum absolute atomic E-state index is 0.0632. The average molecular weight is 297 g/mol. The van der Waals surface area contributed by atoms with Crippen LogP contribution in [0.5, 0.6) is 5.75 Å². The van der Waals surface area contributed by atoms with Crippen LogP contribution in [0.25, 0.3) is 0 Å². The van der Waals surface area contributed by atoms with Gasteiger partial charge < -0.3 is 15.4 Å². The van der Waals surface area contributed by atoms with Crippen LogP contribution >= 0.6 is 11.6 Å². The second kappa shape index (κ2) is 8.61. The lowest BCUT2D eigenvalue weighted by Crippen LogP contribution is -2.29. The number of hydrogen-bond acceptors (Lipinski definition) is 3. The van der Waals surface area contributed by atoms with E-state index < -0.39 is 0 Å². The monoisotopic (exact) mass is 296 g/mol. The molecule has 0 radical (unpaired) electrons. The summed E-state index contributed by atoms with van der Waals surface area (Å²) < 4.78 is 5.54. The van der Waals surface area contributed by atoms with E-state index >= 15 is 0 Å². The van der Waals surface area contributed by atoms with Crippen molar-refractivity contribution in [1.82, 2.24) is 10.6 Å². The van der Waals surface area contributed by atoms with Crippen LogP contribution in [-0.4, -0.2) is 25.1 Å². The molecule has 0 spiro atoms. The average Bonchev–Trinajstić information content (AvgIpc) is 2.41. The van der Waals surface area contributed by atoms with Gasteiger partial charge in [0.15, 0.2) is 6.61 Å². The molecular formula is C15H21ClN2O2. The Morgan fingerprint density at radius 2 is 2.25 bits per heavy atom. The van der Waals surface area contributed by atoms with Gasteiger partial charge in [0.25, 0.3) is 5.91 Å². The van der Waals surface area contributed by atoms with Crippen LogP contribution in [0.4, 0.5) is 0 Å². The maximum absolute atomic E-state index is 11.5. The number of halogens is 1. The molecule has 1 aromatic rings. The Balaban J connectivity index is 2.67. The first-order valence-corrected chi connectivity index (χ1v) is 6.93. The summed E-state index contributed by atoms with van der Waals surface area (Å²) in [6, 6.07) is 5.90. The van der Waals surface area contributed by atoms with E-state index in [-0.39, 0.29) is 12.5 Å². The molecule has 0 aliphatic carbocycles. The minimum Gasteiger partial charge on any atom is -0.482 e. The molecule has 0 aromatic heterocycles. The predicted octanol–water partition coefficient (Wildman–Crippen LogP) is 2.52. The van der Waals surface area contributed by atoms with Gasteiger partial charge in [0.2, 0.25) is 0 Å². The van der Waals surface area contributed by atoms with E-state index in [0.717, 1.165) is 5.56 Å². The van der Waals surface area contributed by atoms with E-state index in [1.807, 2.05) is 12.1 Å². The third kappa shape index (κ3) is 5.63. The number of benzene rings is 1. The lowest BCUT2D eigenvalue weighted by atomic mass is 10.2. The van der Waals surface area contributed by atoms with Crippen LogP contribution in [0.2, 0.25) is 5.02 Å². The molecule has 0 aliphatic heterocycles. The van der Waals surface area contributed by atoms with Gasteiger partial charge in [0.1, 0.15) is 5.75 Å². The molecule has 0 aliphatic rings. The molecule has 20 heavy (non-hydrogen) atoms. The number of rotatable bonds is 8. The Morgan fingerprint density at radius 3 is 2.90 bits per heavy atom. The topological polar surface area (TPSA) is 50.4 Å². The number of carbonyl (C=O) groups is 1. The van der Waals surface area contributed by atoms with Crippen molar-refractivity contribution >= 4 is 17.5 Å². The highest BCUT2D eigenvalue weighted by atomic mass is 35.5. The molecule has 1 amide bonds. The molecule has 0 saturated heterocycles. The number of ether oxygens (including phenoxy) is 1. The summed E-state index contributed by atoms with van der Waals surface area (Å²) in [5, 5.41) is 6.45. The number of amides is 1. The fraction of sp³-hybridized carbons (Fsp3) is 0.400. The smallest absolute Gasteiger partial charge is 0.258 e. The highest BCUT2D eigenvalue weighted by molar-refractivity contribution is 6.32. The molecule has 0 atom stereocenters. The van der Waals surface area contributed by atoms with Crippen molar-refractivity contribution in [1.29, 1.82) is 0 Å². The number of nitrogens with one attached hydrogen (secondary N) is 2. The minimum atomic E-state index is -0.201. The molecule has 0 unspecified atom stereocenters. The molecule has 1 aromatic carbocycles. The molecular weight excluding hydrogens is 276 g/mol. The number of hydrogen-bond donors (Lipinski definition) is 2. The van der Waals surface area contributed by atoms with Crippen molar-refractivity contribution in [2.45, 2.75) is 26.4 Å². The summed E-state index contributed by atoms with van der Waals surface area (Å²) in [4.78, 5) is 11.5. The van der Waals surface area contributed by atoms with Crippen molar-refractivity contribution in [3.05, 3.63) is 41.4 Å². The summed E-state index contributed by atoms with van der Waals surface area (Å²) in [7, 11) is 0. The first kappa shape index (κ1) is 16.5. The van der Waals surface area contributed by atoms with Gasteiger partial charge in [-0.2, -0.15) is 0 Å². The summed E-state index contributed by atoms with van der Waals surface area (Å²) in [6.07, 6.45) is 1.62. The summed E-state index contributed by atoms with van der Waals surface area (Å²) in [5.41, 5.74) is 0.933. The van der Waals surface area contributed by atoms with E-state index in [1.54, 1.807) is 12.1 Å². The van der Waals surface area contributed by atoms with Crippen molar-refractivity contribution in [3.63, 3.8) is 0 Å². The van der Waals surface area contributed by atoms with Gasteiger partial charge in [0, 0.05) is 24.7 Å². The SMILES string of the molecule is C=CCNC(=O)COc1c(Cl)cccc1CNC(C)C. The third-order valence-corrected chi connectivity index (χ3v) is 2.84. The normalized spacial score (nSPS) is 10.4. The molecule has 110 valence electrons.